The summed E-state index contributed by atoms with van der Waals surface area (Å²) in [6, 6.07) is 21.6. The molecule has 6 heteroatoms. The van der Waals surface area contributed by atoms with Gasteiger partial charge in [-0.25, -0.2) is 0 Å². The van der Waals surface area contributed by atoms with Crippen molar-refractivity contribution >= 4 is 0 Å². The first-order valence-corrected chi connectivity index (χ1v) is 12.4. The lowest BCUT2D eigenvalue weighted by Gasteiger charge is -2.42. The number of aromatic nitrogens is 2. The highest BCUT2D eigenvalue weighted by atomic mass is 16.5. The van der Waals surface area contributed by atoms with Gasteiger partial charge in [-0.2, -0.15) is 4.98 Å². The highest BCUT2D eigenvalue weighted by Crippen LogP contribution is 2.30. The molecule has 0 N–H and O–H groups in total. The molecule has 1 aromatic heterocycles. The maximum absolute atomic E-state index is 5.74. The molecule has 3 aromatic rings. The Labute approximate surface area is 197 Å². The molecule has 3 heterocycles. The van der Waals surface area contributed by atoms with Crippen molar-refractivity contribution in [3.63, 3.8) is 0 Å². The molecule has 0 unspecified atom stereocenters. The van der Waals surface area contributed by atoms with Crippen molar-refractivity contribution in [2.75, 3.05) is 45.8 Å². The lowest BCUT2D eigenvalue weighted by molar-refractivity contribution is 0.0567. The third-order valence-electron chi connectivity index (χ3n) is 7.29. The summed E-state index contributed by atoms with van der Waals surface area (Å²) >= 11 is 0. The SMILES string of the molecule is CCN1CCN(C2CCN(Cc3nc(C(c4ccccc4)c4ccccc4)no3)CC2)CC1. The first-order chi connectivity index (χ1) is 16.3. The maximum Gasteiger partial charge on any atom is 0.240 e. The summed E-state index contributed by atoms with van der Waals surface area (Å²) < 4.78 is 5.74. The van der Waals surface area contributed by atoms with Crippen molar-refractivity contribution in [3.8, 4) is 0 Å². The third-order valence-corrected chi connectivity index (χ3v) is 7.29. The number of likely N-dealkylation sites (N-methyl/N-ethyl adjacent to an activating group) is 1. The molecule has 2 fully saturated rings. The van der Waals surface area contributed by atoms with Gasteiger partial charge in [-0.1, -0.05) is 72.7 Å². The monoisotopic (exact) mass is 445 g/mol. The van der Waals surface area contributed by atoms with E-state index in [0.717, 1.165) is 37.4 Å². The third kappa shape index (κ3) is 5.35. The normalized spacial score (nSPS) is 19.3. The lowest BCUT2D eigenvalue weighted by atomic mass is 9.91. The van der Waals surface area contributed by atoms with Gasteiger partial charge < -0.3 is 9.42 Å². The molecule has 0 radical (unpaired) electrons. The second-order valence-electron chi connectivity index (χ2n) is 9.28. The largest absolute Gasteiger partial charge is 0.338 e. The maximum atomic E-state index is 5.74. The average molecular weight is 446 g/mol. The Morgan fingerprint density at radius 3 is 2.00 bits per heavy atom. The van der Waals surface area contributed by atoms with Crippen LogP contribution in [0.3, 0.4) is 0 Å². The summed E-state index contributed by atoms with van der Waals surface area (Å²) in [5.74, 6) is 1.44. The highest BCUT2D eigenvalue weighted by Gasteiger charge is 2.28. The van der Waals surface area contributed by atoms with Crippen LogP contribution in [0.4, 0.5) is 0 Å². The first-order valence-electron chi connectivity index (χ1n) is 12.4. The van der Waals surface area contributed by atoms with E-state index < -0.39 is 0 Å². The molecule has 2 aliphatic heterocycles. The summed E-state index contributed by atoms with van der Waals surface area (Å²) in [5, 5.41) is 4.41. The molecule has 0 atom stereocenters. The Morgan fingerprint density at radius 1 is 0.818 bits per heavy atom. The van der Waals surface area contributed by atoms with Crippen LogP contribution in [-0.2, 0) is 6.54 Å². The van der Waals surface area contributed by atoms with Gasteiger partial charge in [-0.05, 0) is 30.5 Å². The summed E-state index contributed by atoms with van der Waals surface area (Å²) in [5.41, 5.74) is 2.36. The van der Waals surface area contributed by atoms with Crippen LogP contribution in [0.2, 0.25) is 0 Å². The van der Waals surface area contributed by atoms with Gasteiger partial charge in [0.1, 0.15) is 0 Å². The van der Waals surface area contributed by atoms with Gasteiger partial charge in [0.25, 0.3) is 0 Å². The minimum absolute atomic E-state index is 0.0163. The molecule has 2 aliphatic rings. The number of nitrogens with zero attached hydrogens (tertiary/aromatic N) is 5. The van der Waals surface area contributed by atoms with Crippen molar-refractivity contribution < 1.29 is 4.52 Å². The summed E-state index contributed by atoms with van der Waals surface area (Å²) in [7, 11) is 0. The number of piperazine rings is 1. The molecular weight excluding hydrogens is 410 g/mol. The van der Waals surface area contributed by atoms with E-state index in [1.807, 2.05) is 12.1 Å². The van der Waals surface area contributed by atoms with Gasteiger partial charge in [-0.3, -0.25) is 9.80 Å². The Morgan fingerprint density at radius 2 is 1.42 bits per heavy atom. The molecule has 5 rings (SSSR count). The van der Waals surface area contributed by atoms with Crippen LogP contribution in [0.25, 0.3) is 0 Å². The lowest BCUT2D eigenvalue weighted by Crippen LogP contribution is -2.53. The molecule has 0 aliphatic carbocycles. The Bertz CT molecular complexity index is 937. The fourth-order valence-electron chi connectivity index (χ4n) is 5.31. The zero-order valence-corrected chi connectivity index (χ0v) is 19.6. The molecule has 0 amide bonds. The Hall–Kier alpha value is -2.54. The molecule has 6 nitrogen and oxygen atoms in total. The van der Waals surface area contributed by atoms with Crippen LogP contribution in [0.1, 0.15) is 48.5 Å². The van der Waals surface area contributed by atoms with Gasteiger partial charge in [0.2, 0.25) is 5.89 Å². The predicted octanol–water partition coefficient (Wildman–Crippen LogP) is 3.85. The fraction of sp³-hybridized carbons (Fsp3) is 0.481. The van der Waals surface area contributed by atoms with Crippen LogP contribution in [0.15, 0.2) is 65.2 Å². The van der Waals surface area contributed by atoms with E-state index in [4.69, 9.17) is 9.51 Å². The number of hydrogen-bond acceptors (Lipinski definition) is 6. The molecule has 0 bridgehead atoms. The van der Waals surface area contributed by atoms with Crippen molar-refractivity contribution in [1.29, 1.82) is 0 Å². The van der Waals surface area contributed by atoms with Crippen molar-refractivity contribution in [3.05, 3.63) is 83.5 Å². The number of piperidine rings is 1. The smallest absolute Gasteiger partial charge is 0.240 e. The minimum Gasteiger partial charge on any atom is -0.338 e. The van der Waals surface area contributed by atoms with E-state index in [2.05, 4.69) is 75.3 Å². The van der Waals surface area contributed by atoms with Crippen LogP contribution < -0.4 is 0 Å². The van der Waals surface area contributed by atoms with E-state index in [-0.39, 0.29) is 5.92 Å². The van der Waals surface area contributed by atoms with Crippen molar-refractivity contribution in [2.45, 2.75) is 38.3 Å². The van der Waals surface area contributed by atoms with Gasteiger partial charge in [0, 0.05) is 45.3 Å². The topological polar surface area (TPSA) is 48.6 Å². The van der Waals surface area contributed by atoms with Gasteiger partial charge in [-0.15, -0.1) is 0 Å². The van der Waals surface area contributed by atoms with Crippen LogP contribution in [0, 0.1) is 0 Å². The quantitative estimate of drug-likeness (QED) is 0.551. The first kappa shape index (κ1) is 22.3. The van der Waals surface area contributed by atoms with E-state index >= 15 is 0 Å². The van der Waals surface area contributed by atoms with Crippen LogP contribution in [-0.4, -0.2) is 76.7 Å². The Balaban J connectivity index is 1.21. The average Bonchev–Trinajstić information content (AvgIpc) is 3.34. The summed E-state index contributed by atoms with van der Waals surface area (Å²) in [6.45, 7) is 11.2. The summed E-state index contributed by atoms with van der Waals surface area (Å²) in [4.78, 5) is 12.6. The molecule has 0 saturated carbocycles. The van der Waals surface area contributed by atoms with Crippen LogP contribution >= 0.6 is 0 Å². The molecular formula is C27H35N5O. The van der Waals surface area contributed by atoms with E-state index in [0.29, 0.717) is 0 Å². The van der Waals surface area contributed by atoms with E-state index in [9.17, 15) is 0 Å². The standard InChI is InChI=1S/C27H35N5O/c1-2-30-17-19-32(20-18-30)24-13-15-31(16-14-24)21-25-28-27(29-33-25)26(22-9-5-3-6-10-22)23-11-7-4-8-12-23/h3-12,24,26H,2,13-21H2,1H3. The molecule has 174 valence electrons. The molecule has 2 saturated heterocycles. The molecule has 0 spiro atoms. The molecule has 2 aromatic carbocycles. The van der Waals surface area contributed by atoms with Crippen molar-refractivity contribution in [2.24, 2.45) is 0 Å². The predicted molar refractivity (Wildman–Crippen MR) is 130 cm³/mol. The Kier molecular flexibility index (Phi) is 7.15. The minimum atomic E-state index is -0.0163. The second-order valence-corrected chi connectivity index (χ2v) is 9.28. The van der Waals surface area contributed by atoms with Crippen LogP contribution in [0.5, 0.6) is 0 Å². The zero-order valence-electron chi connectivity index (χ0n) is 19.6. The number of hydrogen-bond donors (Lipinski definition) is 0. The van der Waals surface area contributed by atoms with E-state index in [1.54, 1.807) is 0 Å². The van der Waals surface area contributed by atoms with Gasteiger partial charge in [0.15, 0.2) is 5.82 Å². The molecule has 33 heavy (non-hydrogen) atoms. The van der Waals surface area contributed by atoms with E-state index in [1.165, 1.54) is 56.7 Å². The number of rotatable bonds is 7. The van der Waals surface area contributed by atoms with Gasteiger partial charge >= 0.3 is 0 Å². The van der Waals surface area contributed by atoms with Gasteiger partial charge in [0.05, 0.1) is 12.5 Å². The number of benzene rings is 2. The highest BCUT2D eigenvalue weighted by molar-refractivity contribution is 5.37. The van der Waals surface area contributed by atoms with Crippen molar-refractivity contribution in [1.82, 2.24) is 24.8 Å². The summed E-state index contributed by atoms with van der Waals surface area (Å²) in [6.07, 6.45) is 2.45. The zero-order chi connectivity index (χ0) is 22.5. The fourth-order valence-corrected chi connectivity index (χ4v) is 5.31. The second kappa shape index (κ2) is 10.6. The number of likely N-dealkylation sites (tertiary alicyclic amines) is 1.